The SMILES string of the molecule is CC(O)CC(C)O.[Ir].[c-]1ccccc1-c1ncc(-c2ccccc2)nc1-c1ccc2ccccc2c1. The van der Waals surface area contributed by atoms with Gasteiger partial charge in [-0.2, -0.15) is 0 Å². The van der Waals surface area contributed by atoms with Crippen molar-refractivity contribution in [3.05, 3.63) is 109 Å². The molecule has 0 saturated heterocycles. The van der Waals surface area contributed by atoms with Crippen molar-refractivity contribution in [2.45, 2.75) is 32.5 Å². The molecule has 2 atom stereocenters. The molecule has 5 rings (SSSR count). The van der Waals surface area contributed by atoms with E-state index in [0.29, 0.717) is 6.42 Å². The molecule has 0 aliphatic carbocycles. The number of aliphatic hydroxyl groups is 2. The van der Waals surface area contributed by atoms with Gasteiger partial charge in [0.1, 0.15) is 0 Å². The van der Waals surface area contributed by atoms with Gasteiger partial charge in [0, 0.05) is 37.6 Å². The van der Waals surface area contributed by atoms with Crippen LogP contribution in [0.4, 0.5) is 0 Å². The molecule has 5 aromatic rings. The van der Waals surface area contributed by atoms with E-state index >= 15 is 0 Å². The number of hydrogen-bond donors (Lipinski definition) is 2. The quantitative estimate of drug-likeness (QED) is 0.211. The predicted molar refractivity (Wildman–Crippen MR) is 143 cm³/mol. The van der Waals surface area contributed by atoms with Crippen molar-refractivity contribution in [1.29, 1.82) is 0 Å². The fraction of sp³-hybridized carbons (Fsp3) is 0.161. The minimum atomic E-state index is -0.375. The number of aromatic nitrogens is 2. The van der Waals surface area contributed by atoms with Crippen LogP contribution in [0.5, 0.6) is 0 Å². The summed E-state index contributed by atoms with van der Waals surface area (Å²) in [6.45, 7) is 3.32. The number of aliphatic hydroxyl groups excluding tert-OH is 2. The van der Waals surface area contributed by atoms with E-state index < -0.39 is 0 Å². The van der Waals surface area contributed by atoms with Crippen molar-refractivity contribution in [3.8, 4) is 33.8 Å². The molecule has 185 valence electrons. The molecule has 0 aliphatic rings. The van der Waals surface area contributed by atoms with Gasteiger partial charge in [-0.3, -0.25) is 4.98 Å². The van der Waals surface area contributed by atoms with E-state index in [9.17, 15) is 0 Å². The van der Waals surface area contributed by atoms with Crippen LogP contribution in [0, 0.1) is 6.07 Å². The second-order valence-corrected chi connectivity index (χ2v) is 8.59. The number of rotatable bonds is 5. The van der Waals surface area contributed by atoms with Crippen LogP contribution in [-0.2, 0) is 20.1 Å². The summed E-state index contributed by atoms with van der Waals surface area (Å²) in [5.74, 6) is 0. The Balaban J connectivity index is 0.000000400. The Morgan fingerprint density at radius 3 is 2.03 bits per heavy atom. The van der Waals surface area contributed by atoms with Gasteiger partial charge in [0.15, 0.2) is 0 Å². The maximum Gasteiger partial charge on any atom is 0.0873 e. The Labute approximate surface area is 226 Å². The number of hydrogen-bond acceptors (Lipinski definition) is 4. The Morgan fingerprint density at radius 1 is 0.722 bits per heavy atom. The minimum Gasteiger partial charge on any atom is -0.393 e. The van der Waals surface area contributed by atoms with Crippen molar-refractivity contribution in [2.24, 2.45) is 0 Å². The van der Waals surface area contributed by atoms with Crippen molar-refractivity contribution < 1.29 is 30.3 Å². The van der Waals surface area contributed by atoms with Gasteiger partial charge in [0.2, 0.25) is 0 Å². The predicted octanol–water partition coefficient (Wildman–Crippen LogP) is 6.57. The van der Waals surface area contributed by atoms with E-state index in [1.165, 1.54) is 10.8 Å². The zero-order valence-corrected chi connectivity index (χ0v) is 22.7. The van der Waals surface area contributed by atoms with E-state index in [-0.39, 0.29) is 32.3 Å². The van der Waals surface area contributed by atoms with Crippen LogP contribution in [0.1, 0.15) is 20.3 Å². The molecule has 4 aromatic carbocycles. The van der Waals surface area contributed by atoms with E-state index in [1.807, 2.05) is 48.7 Å². The van der Waals surface area contributed by atoms with Gasteiger partial charge in [-0.05, 0) is 42.7 Å². The zero-order valence-electron chi connectivity index (χ0n) is 20.3. The van der Waals surface area contributed by atoms with E-state index in [4.69, 9.17) is 20.2 Å². The van der Waals surface area contributed by atoms with Crippen LogP contribution in [0.3, 0.4) is 0 Å². The third kappa shape index (κ3) is 7.16. The molecule has 36 heavy (non-hydrogen) atoms. The first kappa shape index (κ1) is 27.4. The molecule has 1 heterocycles. The second kappa shape index (κ2) is 13.2. The third-order valence-corrected chi connectivity index (χ3v) is 5.51. The Hall–Kier alpha value is -3.21. The Kier molecular flexibility index (Phi) is 10.0. The summed E-state index contributed by atoms with van der Waals surface area (Å²) in [6.07, 6.45) is 1.57. The average molecular weight is 654 g/mol. The number of benzene rings is 4. The van der Waals surface area contributed by atoms with Crippen LogP contribution in [0.15, 0.2) is 103 Å². The fourth-order valence-corrected chi connectivity index (χ4v) is 3.91. The van der Waals surface area contributed by atoms with Crippen molar-refractivity contribution in [2.75, 3.05) is 0 Å². The molecule has 5 heteroatoms. The van der Waals surface area contributed by atoms with Crippen LogP contribution < -0.4 is 0 Å². The molecule has 0 bridgehead atoms. The molecule has 1 aromatic heterocycles. The van der Waals surface area contributed by atoms with Crippen LogP contribution >= 0.6 is 0 Å². The standard InChI is InChI=1S/C26H17N2.C5H12O2.Ir/c1-3-10-20(11-4-1)24-18-27-25(21-12-5-2-6-13-21)26(28-24)23-16-15-19-9-7-8-14-22(19)17-23;1-4(6)3-5(2)7;/h1-12,14-18H;4-7H,3H2,1-2H3;/q-1;;. The number of nitrogens with zero attached hydrogens (tertiary/aromatic N) is 2. The second-order valence-electron chi connectivity index (χ2n) is 8.59. The topological polar surface area (TPSA) is 66.2 Å². The summed E-state index contributed by atoms with van der Waals surface area (Å²) < 4.78 is 0. The van der Waals surface area contributed by atoms with Gasteiger partial charge in [0.05, 0.1) is 23.6 Å². The normalized spacial score (nSPS) is 12.1. The summed E-state index contributed by atoms with van der Waals surface area (Å²) in [7, 11) is 0. The van der Waals surface area contributed by atoms with Crippen molar-refractivity contribution in [3.63, 3.8) is 0 Å². The van der Waals surface area contributed by atoms with Crippen LogP contribution in [0.25, 0.3) is 44.5 Å². The smallest absolute Gasteiger partial charge is 0.0873 e. The summed E-state index contributed by atoms with van der Waals surface area (Å²) in [6, 6.07) is 36.2. The molecule has 1 radical (unpaired) electrons. The third-order valence-electron chi connectivity index (χ3n) is 5.51. The molecule has 0 fully saturated rings. The molecule has 2 unspecified atom stereocenters. The Morgan fingerprint density at radius 2 is 1.39 bits per heavy atom. The largest absolute Gasteiger partial charge is 0.393 e. The first-order valence-electron chi connectivity index (χ1n) is 11.8. The summed E-state index contributed by atoms with van der Waals surface area (Å²) in [4.78, 5) is 9.80. The van der Waals surface area contributed by atoms with Gasteiger partial charge in [0.25, 0.3) is 0 Å². The molecule has 2 N–H and O–H groups in total. The Bertz CT molecular complexity index is 1370. The van der Waals surface area contributed by atoms with Crippen molar-refractivity contribution >= 4 is 10.8 Å². The maximum atomic E-state index is 8.56. The maximum absolute atomic E-state index is 8.56. The monoisotopic (exact) mass is 654 g/mol. The van der Waals surface area contributed by atoms with Crippen LogP contribution in [-0.4, -0.2) is 32.4 Å². The first-order valence-corrected chi connectivity index (χ1v) is 11.8. The van der Waals surface area contributed by atoms with Gasteiger partial charge in [-0.25, -0.2) is 0 Å². The van der Waals surface area contributed by atoms with Crippen LogP contribution in [0.2, 0.25) is 0 Å². The van der Waals surface area contributed by atoms with Gasteiger partial charge < -0.3 is 15.2 Å². The molecular weight excluding hydrogens is 625 g/mol. The van der Waals surface area contributed by atoms with E-state index in [0.717, 1.165) is 33.8 Å². The van der Waals surface area contributed by atoms with E-state index in [2.05, 4.69) is 60.7 Å². The molecular formula is C31H29IrN2O2-. The van der Waals surface area contributed by atoms with E-state index in [1.54, 1.807) is 13.8 Å². The van der Waals surface area contributed by atoms with Gasteiger partial charge in [-0.15, -0.1) is 35.9 Å². The minimum absolute atomic E-state index is 0. The summed E-state index contributed by atoms with van der Waals surface area (Å²) in [5.41, 5.74) is 5.63. The molecule has 0 spiro atoms. The first-order chi connectivity index (χ1) is 17.0. The zero-order chi connectivity index (χ0) is 24.6. The van der Waals surface area contributed by atoms with Gasteiger partial charge >= 0.3 is 0 Å². The molecule has 0 saturated carbocycles. The number of fused-ring (bicyclic) bond motifs is 1. The summed E-state index contributed by atoms with van der Waals surface area (Å²) in [5, 5.41) is 19.5. The fourth-order valence-electron chi connectivity index (χ4n) is 3.91. The molecule has 0 amide bonds. The van der Waals surface area contributed by atoms with Crippen molar-refractivity contribution in [1.82, 2.24) is 9.97 Å². The molecule has 0 aliphatic heterocycles. The summed E-state index contributed by atoms with van der Waals surface area (Å²) >= 11 is 0. The van der Waals surface area contributed by atoms with Gasteiger partial charge in [-0.1, -0.05) is 66.7 Å². The molecule has 4 nitrogen and oxygen atoms in total. The average Bonchev–Trinajstić information content (AvgIpc) is 2.89.